The summed E-state index contributed by atoms with van der Waals surface area (Å²) in [6.45, 7) is 3.38. The van der Waals surface area contributed by atoms with E-state index in [4.69, 9.17) is 14.2 Å². The Bertz CT molecular complexity index is 669. The molecule has 0 saturated carbocycles. The molecule has 8 nitrogen and oxygen atoms in total. The average molecular weight is 349 g/mol. The Hall–Kier alpha value is -2.90. The van der Waals surface area contributed by atoms with E-state index < -0.39 is 35.8 Å². The maximum absolute atomic E-state index is 12.5. The lowest BCUT2D eigenvalue weighted by Gasteiger charge is -2.38. The number of ether oxygens (including phenoxy) is 3. The third-order valence-corrected chi connectivity index (χ3v) is 3.52. The Kier molecular flexibility index (Phi) is 5.41. The lowest BCUT2D eigenvalue weighted by Crippen LogP contribution is -2.57. The third kappa shape index (κ3) is 4.14. The van der Waals surface area contributed by atoms with Gasteiger partial charge in [-0.15, -0.1) is 0 Å². The smallest absolute Gasteiger partial charge is 0.384 e. The lowest BCUT2D eigenvalue weighted by molar-refractivity contribution is -0.302. The maximum Gasteiger partial charge on any atom is 0.384 e. The Morgan fingerprint density at radius 1 is 1.04 bits per heavy atom. The highest BCUT2D eigenvalue weighted by Crippen LogP contribution is 2.37. The normalized spacial score (nSPS) is 18.6. The van der Waals surface area contributed by atoms with Gasteiger partial charge in [-0.3, -0.25) is 24.1 Å². The Labute approximate surface area is 144 Å². The summed E-state index contributed by atoms with van der Waals surface area (Å²) < 4.78 is 15.6. The summed E-state index contributed by atoms with van der Waals surface area (Å²) in [5.41, 5.74) is 0.725. The molecule has 1 unspecified atom stereocenters. The molecule has 134 valence electrons. The van der Waals surface area contributed by atoms with Crippen molar-refractivity contribution in [2.24, 2.45) is 0 Å². The van der Waals surface area contributed by atoms with Crippen LogP contribution in [0.15, 0.2) is 30.3 Å². The molecule has 1 fully saturated rings. The van der Waals surface area contributed by atoms with E-state index in [1.807, 2.05) is 6.07 Å². The summed E-state index contributed by atoms with van der Waals surface area (Å²) >= 11 is 0. The first-order valence-corrected chi connectivity index (χ1v) is 7.65. The van der Waals surface area contributed by atoms with Crippen LogP contribution in [0.5, 0.6) is 0 Å². The fraction of sp³-hybridized carbons (Fsp3) is 0.412. The van der Waals surface area contributed by atoms with Gasteiger partial charge in [0.05, 0.1) is 13.0 Å². The molecule has 1 aliphatic heterocycles. The van der Waals surface area contributed by atoms with Crippen molar-refractivity contribution in [3.63, 3.8) is 0 Å². The van der Waals surface area contributed by atoms with Crippen LogP contribution in [0.2, 0.25) is 0 Å². The van der Waals surface area contributed by atoms with Gasteiger partial charge >= 0.3 is 23.8 Å². The summed E-state index contributed by atoms with van der Waals surface area (Å²) in [5, 5.41) is 0. The van der Waals surface area contributed by atoms with Gasteiger partial charge in [-0.1, -0.05) is 30.3 Å². The van der Waals surface area contributed by atoms with Crippen molar-refractivity contribution in [3.05, 3.63) is 35.9 Å². The molecule has 8 heteroatoms. The largest absolute Gasteiger partial charge is 0.451 e. The van der Waals surface area contributed by atoms with Crippen molar-refractivity contribution in [3.8, 4) is 0 Å². The molecule has 0 bridgehead atoms. The molecule has 0 N–H and O–H groups in total. The molecule has 25 heavy (non-hydrogen) atoms. The van der Waals surface area contributed by atoms with Gasteiger partial charge in [0.2, 0.25) is 12.0 Å². The van der Waals surface area contributed by atoms with Crippen molar-refractivity contribution < 1.29 is 33.4 Å². The van der Waals surface area contributed by atoms with Gasteiger partial charge in [0, 0.05) is 20.8 Å². The minimum atomic E-state index is -2.13. The van der Waals surface area contributed by atoms with Gasteiger partial charge in [-0.2, -0.15) is 0 Å². The monoisotopic (exact) mass is 349 g/mol. The number of esters is 3. The van der Waals surface area contributed by atoms with Crippen molar-refractivity contribution in [2.45, 2.75) is 45.8 Å². The van der Waals surface area contributed by atoms with Crippen LogP contribution in [0.25, 0.3) is 0 Å². The Balaban J connectivity index is 2.47. The van der Waals surface area contributed by atoms with Gasteiger partial charge in [-0.25, -0.2) is 0 Å². The van der Waals surface area contributed by atoms with E-state index in [0.717, 1.165) is 31.2 Å². The van der Waals surface area contributed by atoms with E-state index in [2.05, 4.69) is 0 Å². The number of carbonyl (C=O) groups is 4. The van der Waals surface area contributed by atoms with Crippen LogP contribution in [-0.4, -0.2) is 40.7 Å². The summed E-state index contributed by atoms with van der Waals surface area (Å²) in [4.78, 5) is 48.3. The van der Waals surface area contributed by atoms with Gasteiger partial charge in [-0.05, 0) is 5.56 Å². The molecule has 1 aromatic carbocycles. The SMILES string of the molecule is CC(=O)OC1CC(=O)N(Cc2ccccc2)C1(OC(C)=O)OC(C)=O. The van der Waals surface area contributed by atoms with Gasteiger partial charge in [0.25, 0.3) is 0 Å². The van der Waals surface area contributed by atoms with Crippen LogP contribution in [-0.2, 0) is 39.9 Å². The van der Waals surface area contributed by atoms with Crippen LogP contribution in [0.1, 0.15) is 32.8 Å². The highest BCUT2D eigenvalue weighted by molar-refractivity contribution is 5.82. The zero-order chi connectivity index (χ0) is 18.6. The van der Waals surface area contributed by atoms with Crippen molar-refractivity contribution in [1.82, 2.24) is 4.90 Å². The van der Waals surface area contributed by atoms with E-state index in [0.29, 0.717) is 0 Å². The van der Waals surface area contributed by atoms with Gasteiger partial charge in [0.1, 0.15) is 0 Å². The summed E-state index contributed by atoms with van der Waals surface area (Å²) in [6.07, 6.45) is -1.53. The number of hydrogen-bond acceptors (Lipinski definition) is 7. The molecule has 1 aliphatic rings. The van der Waals surface area contributed by atoms with Crippen molar-refractivity contribution in [1.29, 1.82) is 0 Å². The van der Waals surface area contributed by atoms with E-state index in [-0.39, 0.29) is 13.0 Å². The number of hydrogen-bond donors (Lipinski definition) is 0. The molecule has 1 atom stereocenters. The molecule has 1 heterocycles. The minimum absolute atomic E-state index is 0.0119. The molecular weight excluding hydrogens is 330 g/mol. The summed E-state index contributed by atoms with van der Waals surface area (Å²) in [7, 11) is 0. The fourth-order valence-electron chi connectivity index (χ4n) is 2.70. The standard InChI is InChI=1S/C17H19NO7/c1-11(19)23-15-9-16(22)18(10-14-7-5-4-6-8-14)17(15,24-12(2)20)25-13(3)21/h4-8,15H,9-10H2,1-3H3. The van der Waals surface area contributed by atoms with E-state index in [1.54, 1.807) is 24.3 Å². The van der Waals surface area contributed by atoms with Crippen LogP contribution < -0.4 is 0 Å². The quantitative estimate of drug-likeness (QED) is 0.580. The number of likely N-dealkylation sites (tertiary alicyclic amines) is 1. The second-order valence-electron chi connectivity index (χ2n) is 5.59. The molecular formula is C17H19NO7. The van der Waals surface area contributed by atoms with Crippen LogP contribution in [0.3, 0.4) is 0 Å². The molecule has 0 aliphatic carbocycles. The molecule has 1 saturated heterocycles. The van der Waals surface area contributed by atoms with Crippen LogP contribution >= 0.6 is 0 Å². The summed E-state index contributed by atoms with van der Waals surface area (Å²) in [5.74, 6) is -4.87. The number of amides is 1. The fourth-order valence-corrected chi connectivity index (χ4v) is 2.70. The highest BCUT2D eigenvalue weighted by atomic mass is 16.8. The first-order chi connectivity index (χ1) is 11.7. The zero-order valence-electron chi connectivity index (χ0n) is 14.2. The van der Waals surface area contributed by atoms with Gasteiger partial charge < -0.3 is 14.2 Å². The molecule has 1 aromatic rings. The topological polar surface area (TPSA) is 99.2 Å². The third-order valence-electron chi connectivity index (χ3n) is 3.52. The zero-order valence-corrected chi connectivity index (χ0v) is 14.2. The lowest BCUT2D eigenvalue weighted by atomic mass is 10.2. The Morgan fingerprint density at radius 3 is 2.08 bits per heavy atom. The molecule has 0 aromatic heterocycles. The van der Waals surface area contributed by atoms with E-state index in [1.165, 1.54) is 0 Å². The van der Waals surface area contributed by atoms with Crippen molar-refractivity contribution >= 4 is 23.8 Å². The second kappa shape index (κ2) is 7.33. The van der Waals surface area contributed by atoms with Crippen LogP contribution in [0, 0.1) is 0 Å². The first-order valence-electron chi connectivity index (χ1n) is 7.65. The molecule has 1 amide bonds. The number of benzene rings is 1. The second-order valence-corrected chi connectivity index (χ2v) is 5.59. The maximum atomic E-state index is 12.5. The summed E-state index contributed by atoms with van der Waals surface area (Å²) in [6, 6.07) is 8.89. The predicted molar refractivity (Wildman–Crippen MR) is 83.4 cm³/mol. The predicted octanol–water partition coefficient (Wildman–Crippen LogP) is 1.13. The van der Waals surface area contributed by atoms with Crippen molar-refractivity contribution in [2.75, 3.05) is 0 Å². The number of carbonyl (C=O) groups excluding carboxylic acids is 4. The van der Waals surface area contributed by atoms with Crippen LogP contribution in [0.4, 0.5) is 0 Å². The molecule has 2 rings (SSSR count). The number of rotatable bonds is 5. The Morgan fingerprint density at radius 2 is 1.60 bits per heavy atom. The van der Waals surface area contributed by atoms with Gasteiger partial charge in [0.15, 0.2) is 0 Å². The van der Waals surface area contributed by atoms with E-state index >= 15 is 0 Å². The average Bonchev–Trinajstić information content (AvgIpc) is 2.71. The number of nitrogens with zero attached hydrogens (tertiary/aromatic N) is 1. The molecule has 0 spiro atoms. The minimum Gasteiger partial charge on any atom is -0.451 e. The highest BCUT2D eigenvalue weighted by Gasteiger charge is 2.61. The van der Waals surface area contributed by atoms with E-state index in [9.17, 15) is 19.2 Å². The molecule has 0 radical (unpaired) electrons. The first kappa shape index (κ1) is 18.4.